The molecule has 2 heterocycles. The van der Waals surface area contributed by atoms with Crippen LogP contribution in [0.3, 0.4) is 0 Å². The van der Waals surface area contributed by atoms with Crippen molar-refractivity contribution in [3.05, 3.63) is 46.7 Å². The van der Waals surface area contributed by atoms with E-state index in [9.17, 15) is 14.4 Å². The van der Waals surface area contributed by atoms with Gasteiger partial charge >= 0.3 is 6.03 Å². The molecule has 2 aliphatic rings. The standard InChI is InChI=1S/C21H23N3O4S/c1-21(14-5-6-14)19(26)24(20(27)22-21)13-18(25)23(12-17-4-3-11-29-17)15-7-9-16(28-2)10-8-15/h3-4,7-11,14H,5-6,12-13H2,1-2H3,(H,22,27)/t21-/m1/s1. The van der Waals surface area contributed by atoms with Crippen molar-refractivity contribution in [2.24, 2.45) is 5.92 Å². The number of hydrogen-bond acceptors (Lipinski definition) is 5. The predicted octanol–water partition coefficient (Wildman–Crippen LogP) is 3.01. The van der Waals surface area contributed by atoms with Crippen molar-refractivity contribution in [2.45, 2.75) is 31.8 Å². The molecule has 1 aromatic carbocycles. The molecule has 1 atom stereocenters. The first-order valence-electron chi connectivity index (χ1n) is 9.53. The summed E-state index contributed by atoms with van der Waals surface area (Å²) in [5.41, 5.74) is -0.211. The molecule has 1 aliphatic heterocycles. The number of anilines is 1. The van der Waals surface area contributed by atoms with Gasteiger partial charge in [0.2, 0.25) is 5.91 Å². The Bertz CT molecular complexity index is 924. The molecule has 2 aromatic rings. The van der Waals surface area contributed by atoms with E-state index in [-0.39, 0.29) is 24.3 Å². The Hall–Kier alpha value is -2.87. The third-order valence-electron chi connectivity index (χ3n) is 5.57. The molecule has 2 fully saturated rings. The molecule has 0 bridgehead atoms. The maximum absolute atomic E-state index is 13.2. The van der Waals surface area contributed by atoms with Crippen molar-refractivity contribution < 1.29 is 19.1 Å². The summed E-state index contributed by atoms with van der Waals surface area (Å²) in [6, 6.07) is 10.5. The van der Waals surface area contributed by atoms with Crippen molar-refractivity contribution in [1.29, 1.82) is 0 Å². The molecule has 1 saturated heterocycles. The van der Waals surface area contributed by atoms with Crippen molar-refractivity contribution in [3.8, 4) is 5.75 Å². The summed E-state index contributed by atoms with van der Waals surface area (Å²) in [6.45, 7) is 1.83. The fraction of sp³-hybridized carbons (Fsp3) is 0.381. The van der Waals surface area contributed by atoms with Crippen LogP contribution in [0.5, 0.6) is 5.75 Å². The Morgan fingerprint density at radius 1 is 1.28 bits per heavy atom. The number of carbonyl (C=O) groups excluding carboxylic acids is 3. The minimum atomic E-state index is -0.893. The minimum absolute atomic E-state index is 0.155. The zero-order valence-electron chi connectivity index (χ0n) is 16.4. The average Bonchev–Trinajstić information content (AvgIpc) is 3.42. The van der Waals surface area contributed by atoms with Crippen LogP contribution < -0.4 is 15.0 Å². The topological polar surface area (TPSA) is 79.0 Å². The smallest absolute Gasteiger partial charge is 0.325 e. The van der Waals surface area contributed by atoms with Crippen LogP contribution >= 0.6 is 11.3 Å². The lowest BCUT2D eigenvalue weighted by atomic mass is 9.96. The van der Waals surface area contributed by atoms with E-state index in [0.717, 1.165) is 22.6 Å². The number of thiophene rings is 1. The molecule has 7 nitrogen and oxygen atoms in total. The predicted molar refractivity (Wildman–Crippen MR) is 110 cm³/mol. The second-order valence-electron chi connectivity index (χ2n) is 7.56. The van der Waals surface area contributed by atoms with E-state index in [2.05, 4.69) is 5.32 Å². The van der Waals surface area contributed by atoms with Gasteiger partial charge in [-0.15, -0.1) is 11.3 Å². The van der Waals surface area contributed by atoms with Gasteiger partial charge in [-0.05, 0) is 61.4 Å². The SMILES string of the molecule is COc1ccc(N(Cc2cccs2)C(=O)CN2C(=O)N[C@](C)(C3CC3)C2=O)cc1. The van der Waals surface area contributed by atoms with Gasteiger partial charge in [-0.1, -0.05) is 6.07 Å². The van der Waals surface area contributed by atoms with Gasteiger partial charge < -0.3 is 15.0 Å². The second-order valence-corrected chi connectivity index (χ2v) is 8.59. The van der Waals surface area contributed by atoms with Gasteiger partial charge in [0, 0.05) is 10.6 Å². The molecule has 0 unspecified atom stereocenters. The third kappa shape index (κ3) is 3.72. The number of hydrogen-bond donors (Lipinski definition) is 1. The van der Waals surface area contributed by atoms with Crippen molar-refractivity contribution in [2.75, 3.05) is 18.6 Å². The largest absolute Gasteiger partial charge is 0.497 e. The Morgan fingerprint density at radius 3 is 2.59 bits per heavy atom. The maximum atomic E-state index is 13.2. The highest BCUT2D eigenvalue weighted by molar-refractivity contribution is 7.09. The van der Waals surface area contributed by atoms with Gasteiger partial charge in [0.1, 0.15) is 17.8 Å². The first kappa shape index (κ1) is 19.4. The number of methoxy groups -OCH3 is 1. The number of carbonyl (C=O) groups is 3. The van der Waals surface area contributed by atoms with Gasteiger partial charge in [-0.25, -0.2) is 4.79 Å². The highest BCUT2D eigenvalue weighted by Gasteiger charge is 2.56. The zero-order valence-corrected chi connectivity index (χ0v) is 17.2. The van der Waals surface area contributed by atoms with Crippen LogP contribution in [-0.2, 0) is 16.1 Å². The normalized spacial score (nSPS) is 21.2. The van der Waals surface area contributed by atoms with Crippen LogP contribution in [0.4, 0.5) is 10.5 Å². The van der Waals surface area contributed by atoms with E-state index in [0.29, 0.717) is 18.0 Å². The molecule has 29 heavy (non-hydrogen) atoms. The van der Waals surface area contributed by atoms with Crippen LogP contribution in [0.2, 0.25) is 0 Å². The van der Waals surface area contributed by atoms with E-state index in [1.807, 2.05) is 17.5 Å². The number of urea groups is 1. The zero-order chi connectivity index (χ0) is 20.6. The monoisotopic (exact) mass is 413 g/mol. The second kappa shape index (κ2) is 7.51. The van der Waals surface area contributed by atoms with E-state index >= 15 is 0 Å². The quantitative estimate of drug-likeness (QED) is 0.708. The van der Waals surface area contributed by atoms with E-state index in [1.165, 1.54) is 0 Å². The van der Waals surface area contributed by atoms with Crippen LogP contribution in [0.1, 0.15) is 24.6 Å². The lowest BCUT2D eigenvalue weighted by Gasteiger charge is -2.25. The summed E-state index contributed by atoms with van der Waals surface area (Å²) in [7, 11) is 1.58. The molecule has 1 aliphatic carbocycles. The Balaban J connectivity index is 1.56. The summed E-state index contributed by atoms with van der Waals surface area (Å²) in [5, 5.41) is 4.74. The number of ether oxygens (including phenoxy) is 1. The minimum Gasteiger partial charge on any atom is -0.497 e. The molecule has 0 radical (unpaired) electrons. The number of amides is 4. The lowest BCUT2D eigenvalue weighted by Crippen LogP contribution is -2.47. The molecular weight excluding hydrogens is 390 g/mol. The van der Waals surface area contributed by atoms with Crippen LogP contribution in [0, 0.1) is 5.92 Å². The highest BCUT2D eigenvalue weighted by Crippen LogP contribution is 2.42. The summed E-state index contributed by atoms with van der Waals surface area (Å²) in [5.74, 6) is 0.214. The average molecular weight is 413 g/mol. The number of nitrogens with one attached hydrogen (secondary N) is 1. The fourth-order valence-electron chi connectivity index (χ4n) is 3.66. The van der Waals surface area contributed by atoms with E-state index in [4.69, 9.17) is 4.74 Å². The third-order valence-corrected chi connectivity index (χ3v) is 6.43. The van der Waals surface area contributed by atoms with Crippen molar-refractivity contribution in [3.63, 3.8) is 0 Å². The summed E-state index contributed by atoms with van der Waals surface area (Å²) in [6.07, 6.45) is 1.83. The molecule has 0 spiro atoms. The Labute approximate surface area is 173 Å². The molecule has 152 valence electrons. The van der Waals surface area contributed by atoms with Gasteiger partial charge in [-0.2, -0.15) is 0 Å². The van der Waals surface area contributed by atoms with Crippen LogP contribution in [0.25, 0.3) is 0 Å². The molecule has 8 heteroatoms. The molecule has 1 saturated carbocycles. The van der Waals surface area contributed by atoms with Gasteiger partial charge in [0.05, 0.1) is 13.7 Å². The van der Waals surface area contributed by atoms with Crippen molar-refractivity contribution >= 4 is 34.9 Å². The first-order valence-corrected chi connectivity index (χ1v) is 10.4. The number of benzene rings is 1. The maximum Gasteiger partial charge on any atom is 0.325 e. The van der Waals surface area contributed by atoms with Gasteiger partial charge in [0.25, 0.3) is 5.91 Å². The van der Waals surface area contributed by atoms with Crippen LogP contribution in [-0.4, -0.2) is 41.9 Å². The van der Waals surface area contributed by atoms with E-state index in [1.54, 1.807) is 54.5 Å². The Morgan fingerprint density at radius 2 is 2.00 bits per heavy atom. The molecule has 4 amide bonds. The summed E-state index contributed by atoms with van der Waals surface area (Å²) < 4.78 is 5.20. The fourth-order valence-corrected chi connectivity index (χ4v) is 4.35. The molecule has 4 rings (SSSR count). The molecule has 1 N–H and O–H groups in total. The number of rotatable bonds is 7. The highest BCUT2D eigenvalue weighted by atomic mass is 32.1. The molecule has 1 aromatic heterocycles. The number of nitrogens with zero attached hydrogens (tertiary/aromatic N) is 2. The molecular formula is C21H23N3O4S. The van der Waals surface area contributed by atoms with Crippen molar-refractivity contribution in [1.82, 2.24) is 10.2 Å². The van der Waals surface area contributed by atoms with E-state index < -0.39 is 11.6 Å². The number of imide groups is 1. The lowest BCUT2D eigenvalue weighted by molar-refractivity contribution is -0.134. The summed E-state index contributed by atoms with van der Waals surface area (Å²) in [4.78, 5) is 42.2. The van der Waals surface area contributed by atoms with Gasteiger partial charge in [0.15, 0.2) is 0 Å². The summed E-state index contributed by atoms with van der Waals surface area (Å²) >= 11 is 1.55. The first-order chi connectivity index (χ1) is 13.9. The van der Waals surface area contributed by atoms with Gasteiger partial charge in [-0.3, -0.25) is 14.5 Å². The van der Waals surface area contributed by atoms with Crippen LogP contribution in [0.15, 0.2) is 41.8 Å². The Kier molecular flexibility index (Phi) is 5.04.